The number of amides is 1. The first-order valence-electron chi connectivity index (χ1n) is 6.89. The lowest BCUT2D eigenvalue weighted by atomic mass is 10.1. The van der Waals surface area contributed by atoms with Crippen molar-refractivity contribution in [1.82, 2.24) is 5.32 Å². The zero-order valence-corrected chi connectivity index (χ0v) is 12.2. The van der Waals surface area contributed by atoms with Gasteiger partial charge in [-0.3, -0.25) is 4.79 Å². The van der Waals surface area contributed by atoms with Crippen LogP contribution in [0.2, 0.25) is 0 Å². The third-order valence-electron chi connectivity index (χ3n) is 3.11. The van der Waals surface area contributed by atoms with Gasteiger partial charge in [0.25, 0.3) is 0 Å². The fourth-order valence-electron chi connectivity index (χ4n) is 1.85. The van der Waals surface area contributed by atoms with Gasteiger partial charge in [0, 0.05) is 20.3 Å². The number of nitrogens with two attached hydrogens (primary N) is 1. The Labute approximate surface area is 124 Å². The second-order valence-electron chi connectivity index (χ2n) is 4.78. The summed E-state index contributed by atoms with van der Waals surface area (Å²) in [6.45, 7) is 1.07. The van der Waals surface area contributed by atoms with Gasteiger partial charge in [-0.2, -0.15) is 0 Å². The average molecular weight is 294 g/mol. The van der Waals surface area contributed by atoms with Crippen molar-refractivity contribution in [3.8, 4) is 0 Å². The SMILES string of the molecule is COCCCC(N)C(=O)NCCc1ccc(C(=O)O)cc1. The van der Waals surface area contributed by atoms with E-state index in [4.69, 9.17) is 15.6 Å². The lowest BCUT2D eigenvalue weighted by Crippen LogP contribution is -2.41. The molecule has 21 heavy (non-hydrogen) atoms. The quantitative estimate of drug-likeness (QED) is 0.585. The molecule has 0 radical (unpaired) electrons. The number of carbonyl (C=O) groups excluding carboxylic acids is 1. The molecule has 6 nitrogen and oxygen atoms in total. The topological polar surface area (TPSA) is 102 Å². The molecule has 0 spiro atoms. The molecule has 0 heterocycles. The number of hydrogen-bond donors (Lipinski definition) is 3. The van der Waals surface area contributed by atoms with Crippen molar-refractivity contribution in [3.63, 3.8) is 0 Å². The van der Waals surface area contributed by atoms with Crippen LogP contribution >= 0.6 is 0 Å². The molecule has 6 heteroatoms. The van der Waals surface area contributed by atoms with Crippen LogP contribution in [0.4, 0.5) is 0 Å². The molecule has 1 aromatic carbocycles. The fraction of sp³-hybridized carbons (Fsp3) is 0.467. The maximum absolute atomic E-state index is 11.7. The molecule has 0 fully saturated rings. The smallest absolute Gasteiger partial charge is 0.335 e. The van der Waals surface area contributed by atoms with Gasteiger partial charge >= 0.3 is 5.97 Å². The molecular weight excluding hydrogens is 272 g/mol. The van der Waals surface area contributed by atoms with Crippen LogP contribution in [0.15, 0.2) is 24.3 Å². The molecule has 1 aromatic rings. The van der Waals surface area contributed by atoms with Crippen LogP contribution in [-0.4, -0.2) is 43.3 Å². The van der Waals surface area contributed by atoms with Gasteiger partial charge in [-0.05, 0) is 37.0 Å². The Morgan fingerprint density at radius 1 is 1.33 bits per heavy atom. The molecule has 0 saturated heterocycles. The Morgan fingerprint density at radius 3 is 2.57 bits per heavy atom. The van der Waals surface area contributed by atoms with E-state index in [-0.39, 0.29) is 11.5 Å². The third kappa shape index (κ3) is 6.37. The zero-order valence-electron chi connectivity index (χ0n) is 12.2. The van der Waals surface area contributed by atoms with Crippen LogP contribution in [-0.2, 0) is 16.0 Å². The third-order valence-corrected chi connectivity index (χ3v) is 3.11. The van der Waals surface area contributed by atoms with E-state index in [1.807, 2.05) is 0 Å². The summed E-state index contributed by atoms with van der Waals surface area (Å²) in [6.07, 6.45) is 1.98. The zero-order chi connectivity index (χ0) is 15.7. The summed E-state index contributed by atoms with van der Waals surface area (Å²) >= 11 is 0. The van der Waals surface area contributed by atoms with Crippen LogP contribution < -0.4 is 11.1 Å². The molecule has 0 aliphatic carbocycles. The summed E-state index contributed by atoms with van der Waals surface area (Å²) in [5, 5.41) is 11.6. The highest BCUT2D eigenvalue weighted by Crippen LogP contribution is 2.05. The number of rotatable bonds is 9. The summed E-state index contributed by atoms with van der Waals surface area (Å²) in [7, 11) is 1.61. The largest absolute Gasteiger partial charge is 0.478 e. The van der Waals surface area contributed by atoms with Gasteiger partial charge in [-0.1, -0.05) is 12.1 Å². The Hall–Kier alpha value is -1.92. The van der Waals surface area contributed by atoms with Crippen molar-refractivity contribution in [2.24, 2.45) is 5.73 Å². The van der Waals surface area contributed by atoms with E-state index in [1.165, 1.54) is 0 Å². The Bertz CT molecular complexity index is 459. The van der Waals surface area contributed by atoms with Crippen molar-refractivity contribution in [2.45, 2.75) is 25.3 Å². The van der Waals surface area contributed by atoms with Crippen molar-refractivity contribution in [2.75, 3.05) is 20.3 Å². The average Bonchev–Trinajstić information content (AvgIpc) is 2.47. The van der Waals surface area contributed by atoms with Crippen LogP contribution in [0.25, 0.3) is 0 Å². The molecule has 1 atom stereocenters. The van der Waals surface area contributed by atoms with Gasteiger partial charge in [0.1, 0.15) is 0 Å². The Kier molecular flexibility index (Phi) is 7.42. The first-order valence-corrected chi connectivity index (χ1v) is 6.89. The van der Waals surface area contributed by atoms with Crippen LogP contribution in [0.5, 0.6) is 0 Å². The van der Waals surface area contributed by atoms with Crippen molar-refractivity contribution in [3.05, 3.63) is 35.4 Å². The number of nitrogens with one attached hydrogen (secondary N) is 1. The summed E-state index contributed by atoms with van der Waals surface area (Å²) in [4.78, 5) is 22.4. The summed E-state index contributed by atoms with van der Waals surface area (Å²) in [6, 6.07) is 6.07. The Morgan fingerprint density at radius 2 is 2.00 bits per heavy atom. The summed E-state index contributed by atoms with van der Waals surface area (Å²) in [5.74, 6) is -1.12. The molecular formula is C15H22N2O4. The summed E-state index contributed by atoms with van der Waals surface area (Å²) in [5.41, 5.74) is 6.98. The lowest BCUT2D eigenvalue weighted by Gasteiger charge is -2.12. The van der Waals surface area contributed by atoms with Crippen molar-refractivity contribution in [1.29, 1.82) is 0 Å². The summed E-state index contributed by atoms with van der Waals surface area (Å²) < 4.78 is 4.91. The fourth-order valence-corrected chi connectivity index (χ4v) is 1.85. The molecule has 0 aliphatic rings. The number of benzene rings is 1. The number of methoxy groups -OCH3 is 1. The molecule has 0 saturated carbocycles. The normalized spacial score (nSPS) is 11.9. The van der Waals surface area contributed by atoms with Gasteiger partial charge in [0.15, 0.2) is 0 Å². The van der Waals surface area contributed by atoms with Gasteiger partial charge in [-0.25, -0.2) is 4.79 Å². The van der Waals surface area contributed by atoms with Gasteiger partial charge in [-0.15, -0.1) is 0 Å². The minimum atomic E-state index is -0.947. The number of carboxylic acids is 1. The minimum absolute atomic E-state index is 0.173. The van der Waals surface area contributed by atoms with E-state index in [2.05, 4.69) is 5.32 Å². The first-order chi connectivity index (χ1) is 10.0. The number of carbonyl (C=O) groups is 2. The molecule has 1 amide bonds. The molecule has 0 aliphatic heterocycles. The van der Waals surface area contributed by atoms with Crippen molar-refractivity contribution < 1.29 is 19.4 Å². The van der Waals surface area contributed by atoms with E-state index in [1.54, 1.807) is 31.4 Å². The number of hydrogen-bond acceptors (Lipinski definition) is 4. The van der Waals surface area contributed by atoms with Crippen molar-refractivity contribution >= 4 is 11.9 Å². The van der Waals surface area contributed by atoms with Gasteiger partial charge in [0.2, 0.25) is 5.91 Å². The molecule has 116 valence electrons. The predicted octanol–water partition coefficient (Wildman–Crippen LogP) is 0.797. The molecule has 1 unspecified atom stereocenters. The van der Waals surface area contributed by atoms with Crippen LogP contribution in [0, 0.1) is 0 Å². The number of carboxylic acid groups (broad SMARTS) is 1. The predicted molar refractivity (Wildman–Crippen MR) is 79.2 cm³/mol. The second kappa shape index (κ2) is 9.10. The minimum Gasteiger partial charge on any atom is -0.478 e. The standard InChI is InChI=1S/C15H22N2O4/c1-21-10-2-3-13(16)14(18)17-9-8-11-4-6-12(7-5-11)15(19)20/h4-7,13H,2-3,8-10,16H2,1H3,(H,17,18)(H,19,20). The highest BCUT2D eigenvalue weighted by molar-refractivity contribution is 5.87. The van der Waals surface area contributed by atoms with E-state index >= 15 is 0 Å². The molecule has 0 aromatic heterocycles. The van der Waals surface area contributed by atoms with E-state index < -0.39 is 12.0 Å². The van der Waals surface area contributed by atoms with Crippen LogP contribution in [0.3, 0.4) is 0 Å². The maximum atomic E-state index is 11.7. The number of ether oxygens (including phenoxy) is 1. The lowest BCUT2D eigenvalue weighted by molar-refractivity contribution is -0.122. The monoisotopic (exact) mass is 294 g/mol. The second-order valence-corrected chi connectivity index (χ2v) is 4.78. The van der Waals surface area contributed by atoms with E-state index in [0.717, 1.165) is 12.0 Å². The first kappa shape index (κ1) is 17.1. The van der Waals surface area contributed by atoms with E-state index in [0.29, 0.717) is 26.0 Å². The maximum Gasteiger partial charge on any atom is 0.335 e. The Balaban J connectivity index is 2.29. The highest BCUT2D eigenvalue weighted by atomic mass is 16.5. The molecule has 1 rings (SSSR count). The van der Waals surface area contributed by atoms with Gasteiger partial charge in [0.05, 0.1) is 11.6 Å². The molecule has 0 bridgehead atoms. The molecule has 4 N–H and O–H groups in total. The van der Waals surface area contributed by atoms with E-state index in [9.17, 15) is 9.59 Å². The van der Waals surface area contributed by atoms with Crippen LogP contribution in [0.1, 0.15) is 28.8 Å². The number of aromatic carboxylic acids is 1. The highest BCUT2D eigenvalue weighted by Gasteiger charge is 2.12. The van der Waals surface area contributed by atoms with Gasteiger partial charge < -0.3 is 20.9 Å².